The average molecular weight is 334 g/mol. The molecule has 1 heterocycles. The van der Waals surface area contributed by atoms with E-state index in [1.165, 1.54) is 0 Å². The zero-order valence-electron chi connectivity index (χ0n) is 9.72. The molecule has 0 atom stereocenters. The van der Waals surface area contributed by atoms with E-state index in [1.807, 2.05) is 31.1 Å². The fourth-order valence-corrected chi connectivity index (χ4v) is 2.53. The number of hydrogen-bond donors (Lipinski definition) is 2. The maximum atomic E-state index is 6.37. The number of nitrogens with one attached hydrogen (secondary N) is 2. The minimum Gasteiger partial charge on any atom is -0.376 e. The summed E-state index contributed by atoms with van der Waals surface area (Å²) in [4.78, 5) is 6.27. The van der Waals surface area contributed by atoms with Gasteiger partial charge in [-0.1, -0.05) is 19.0 Å². The Hall–Kier alpha value is -0.940. The minimum atomic E-state index is 0. The highest BCUT2D eigenvalue weighted by molar-refractivity contribution is 9.10. The van der Waals surface area contributed by atoms with Gasteiger partial charge >= 0.3 is 0 Å². The third kappa shape index (κ3) is 3.09. The Labute approximate surface area is 122 Å². The van der Waals surface area contributed by atoms with Gasteiger partial charge in [0.15, 0.2) is 5.96 Å². The highest BCUT2D eigenvalue weighted by Crippen LogP contribution is 2.37. The van der Waals surface area contributed by atoms with Crippen molar-refractivity contribution in [2.45, 2.75) is 7.43 Å². The van der Waals surface area contributed by atoms with Crippen LogP contribution in [0.1, 0.15) is 7.43 Å². The van der Waals surface area contributed by atoms with Gasteiger partial charge in [-0.25, -0.2) is 0 Å². The van der Waals surface area contributed by atoms with Crippen molar-refractivity contribution in [2.24, 2.45) is 4.99 Å². The molecular weight excluding hydrogens is 316 g/mol. The second kappa shape index (κ2) is 6.29. The molecule has 1 aliphatic rings. The second-order valence-corrected chi connectivity index (χ2v) is 5.16. The molecule has 1 aliphatic heterocycles. The Balaban J connectivity index is 0.00000162. The molecule has 0 fully saturated rings. The second-order valence-electron chi connectivity index (χ2n) is 3.93. The molecule has 2 N–H and O–H groups in total. The van der Waals surface area contributed by atoms with E-state index in [1.54, 1.807) is 0 Å². The summed E-state index contributed by atoms with van der Waals surface area (Å²) in [6.45, 7) is 1.66. The van der Waals surface area contributed by atoms with E-state index < -0.39 is 0 Å². The molecule has 100 valence electrons. The summed E-state index contributed by atoms with van der Waals surface area (Å²) in [5.41, 5.74) is 1.81. The summed E-state index contributed by atoms with van der Waals surface area (Å²) in [5, 5.41) is 7.04. The van der Waals surface area contributed by atoms with Gasteiger partial charge in [-0.2, -0.15) is 0 Å². The number of halogens is 2. The SMILES string of the molecule is C.CN(C)c1ccc(Br)c(NC2=NCCN2)c1Cl. The normalized spacial score (nSPS) is 13.4. The van der Waals surface area contributed by atoms with E-state index in [4.69, 9.17) is 11.6 Å². The van der Waals surface area contributed by atoms with E-state index in [2.05, 4.69) is 31.6 Å². The van der Waals surface area contributed by atoms with Crippen LogP contribution in [0.3, 0.4) is 0 Å². The van der Waals surface area contributed by atoms with Crippen LogP contribution in [0.2, 0.25) is 5.02 Å². The van der Waals surface area contributed by atoms with E-state index in [0.717, 1.165) is 34.9 Å². The molecule has 6 heteroatoms. The van der Waals surface area contributed by atoms with Crippen molar-refractivity contribution in [2.75, 3.05) is 37.4 Å². The van der Waals surface area contributed by atoms with E-state index in [0.29, 0.717) is 5.02 Å². The van der Waals surface area contributed by atoms with E-state index in [9.17, 15) is 0 Å². The molecule has 1 aromatic rings. The molecule has 0 saturated heterocycles. The Morgan fingerprint density at radius 3 is 2.72 bits per heavy atom. The summed E-state index contributed by atoms with van der Waals surface area (Å²) >= 11 is 9.86. The van der Waals surface area contributed by atoms with Crippen LogP contribution >= 0.6 is 27.5 Å². The monoisotopic (exact) mass is 332 g/mol. The number of hydrogen-bond acceptors (Lipinski definition) is 4. The third-order valence-corrected chi connectivity index (χ3v) is 3.51. The first-order valence-corrected chi connectivity index (χ1v) is 6.47. The van der Waals surface area contributed by atoms with Crippen LogP contribution in [0.5, 0.6) is 0 Å². The molecule has 2 rings (SSSR count). The third-order valence-electron chi connectivity index (χ3n) is 2.47. The number of rotatable bonds is 2. The van der Waals surface area contributed by atoms with Crippen LogP contribution in [0.4, 0.5) is 11.4 Å². The van der Waals surface area contributed by atoms with Crippen LogP contribution in [0.25, 0.3) is 0 Å². The predicted molar refractivity (Wildman–Crippen MR) is 84.1 cm³/mol. The van der Waals surface area contributed by atoms with Gasteiger partial charge in [-0.05, 0) is 28.1 Å². The molecule has 0 aromatic heterocycles. The first-order valence-electron chi connectivity index (χ1n) is 5.30. The molecule has 0 radical (unpaired) electrons. The van der Waals surface area contributed by atoms with Crippen molar-refractivity contribution in [3.8, 4) is 0 Å². The van der Waals surface area contributed by atoms with Crippen molar-refractivity contribution < 1.29 is 0 Å². The van der Waals surface area contributed by atoms with Crippen molar-refractivity contribution in [1.82, 2.24) is 5.32 Å². The number of nitrogens with zero attached hydrogens (tertiary/aromatic N) is 2. The van der Waals surface area contributed by atoms with Crippen molar-refractivity contribution in [3.05, 3.63) is 21.6 Å². The van der Waals surface area contributed by atoms with Gasteiger partial charge in [0.05, 0.1) is 22.9 Å². The molecule has 0 unspecified atom stereocenters. The van der Waals surface area contributed by atoms with Crippen molar-refractivity contribution >= 4 is 44.9 Å². The highest BCUT2D eigenvalue weighted by Gasteiger charge is 2.14. The van der Waals surface area contributed by atoms with Gasteiger partial charge in [0, 0.05) is 25.1 Å². The number of aliphatic imine (C=N–C) groups is 1. The minimum absolute atomic E-state index is 0. The summed E-state index contributed by atoms with van der Waals surface area (Å²) in [5.74, 6) is 0.767. The smallest absolute Gasteiger partial charge is 0.195 e. The van der Waals surface area contributed by atoms with Gasteiger partial charge in [0.1, 0.15) is 0 Å². The number of anilines is 2. The quantitative estimate of drug-likeness (QED) is 0.873. The number of guanidine groups is 1. The largest absolute Gasteiger partial charge is 0.376 e. The van der Waals surface area contributed by atoms with E-state index in [-0.39, 0.29) is 7.43 Å². The van der Waals surface area contributed by atoms with Crippen LogP contribution in [-0.4, -0.2) is 33.1 Å². The molecule has 0 amide bonds. The predicted octanol–water partition coefficient (Wildman–Crippen LogP) is 3.18. The van der Waals surface area contributed by atoms with Crippen molar-refractivity contribution in [3.63, 3.8) is 0 Å². The summed E-state index contributed by atoms with van der Waals surface area (Å²) in [7, 11) is 3.93. The van der Waals surface area contributed by atoms with Crippen LogP contribution in [0, 0.1) is 0 Å². The molecule has 0 spiro atoms. The first kappa shape index (κ1) is 15.1. The van der Waals surface area contributed by atoms with E-state index >= 15 is 0 Å². The fourth-order valence-electron chi connectivity index (χ4n) is 1.60. The maximum Gasteiger partial charge on any atom is 0.195 e. The lowest BCUT2D eigenvalue weighted by Crippen LogP contribution is -2.26. The molecule has 18 heavy (non-hydrogen) atoms. The molecule has 4 nitrogen and oxygen atoms in total. The Morgan fingerprint density at radius 2 is 2.17 bits per heavy atom. The standard InChI is InChI=1S/C11H14BrClN4.CH4/c1-17(2)8-4-3-7(12)10(9(8)13)16-11-14-5-6-15-11;/h3-4H,5-6H2,1-2H3,(H2,14,15,16);1H4. The van der Waals surface area contributed by atoms with Crippen molar-refractivity contribution in [1.29, 1.82) is 0 Å². The first-order chi connectivity index (χ1) is 8.09. The zero-order chi connectivity index (χ0) is 12.4. The van der Waals surface area contributed by atoms with Gasteiger partial charge in [0.25, 0.3) is 0 Å². The van der Waals surface area contributed by atoms with Crippen LogP contribution < -0.4 is 15.5 Å². The summed E-state index contributed by atoms with van der Waals surface area (Å²) in [6.07, 6.45) is 0. The molecule has 0 aliphatic carbocycles. The summed E-state index contributed by atoms with van der Waals surface area (Å²) in [6, 6.07) is 3.94. The Kier molecular flexibility index (Phi) is 5.28. The lowest BCUT2D eigenvalue weighted by atomic mass is 10.2. The van der Waals surface area contributed by atoms with Gasteiger partial charge in [0.2, 0.25) is 0 Å². The Bertz CT molecular complexity index is 460. The molecular formula is C12H18BrClN4. The fraction of sp³-hybridized carbons (Fsp3) is 0.417. The van der Waals surface area contributed by atoms with Crippen LogP contribution in [0.15, 0.2) is 21.6 Å². The van der Waals surface area contributed by atoms with Gasteiger partial charge in [-0.3, -0.25) is 4.99 Å². The maximum absolute atomic E-state index is 6.37. The molecule has 1 aromatic carbocycles. The Morgan fingerprint density at radius 1 is 1.44 bits per heavy atom. The average Bonchev–Trinajstić information content (AvgIpc) is 2.76. The van der Waals surface area contributed by atoms with Gasteiger partial charge in [-0.15, -0.1) is 0 Å². The van der Waals surface area contributed by atoms with Gasteiger partial charge < -0.3 is 15.5 Å². The lowest BCUT2D eigenvalue weighted by molar-refractivity contribution is 0.959. The lowest BCUT2D eigenvalue weighted by Gasteiger charge is -2.18. The highest BCUT2D eigenvalue weighted by atomic mass is 79.9. The summed E-state index contributed by atoms with van der Waals surface area (Å²) < 4.78 is 0.921. The topological polar surface area (TPSA) is 39.7 Å². The number of benzene rings is 1. The molecule has 0 bridgehead atoms. The van der Waals surface area contributed by atoms with Crippen LogP contribution in [-0.2, 0) is 0 Å². The molecule has 0 saturated carbocycles. The zero-order valence-corrected chi connectivity index (χ0v) is 12.1.